The third-order valence-electron chi connectivity index (χ3n) is 2.73. The van der Waals surface area contributed by atoms with Crippen molar-refractivity contribution in [1.29, 1.82) is 0 Å². The first-order valence-corrected chi connectivity index (χ1v) is 4.31. The molecule has 3 nitrogen and oxygen atoms in total. The Balaban J connectivity index is 1.71. The fraction of sp³-hybridized carbons (Fsp3) is 1.00. The molecule has 11 heavy (non-hydrogen) atoms. The zero-order chi connectivity index (χ0) is 7.84. The monoisotopic (exact) mass is 157 g/mol. The van der Waals surface area contributed by atoms with E-state index in [1.165, 1.54) is 6.42 Å². The first-order chi connectivity index (χ1) is 5.29. The number of piperidine rings is 1. The molecule has 3 heteroatoms. The first kappa shape index (κ1) is 7.53. The second-order valence-electron chi connectivity index (χ2n) is 3.81. The van der Waals surface area contributed by atoms with Gasteiger partial charge in [-0.25, -0.2) is 0 Å². The highest BCUT2D eigenvalue weighted by molar-refractivity contribution is 4.97. The molecule has 1 aliphatic heterocycles. The maximum absolute atomic E-state index is 9.13. The minimum absolute atomic E-state index is 0.105. The van der Waals surface area contributed by atoms with E-state index in [4.69, 9.17) is 10.2 Å². The summed E-state index contributed by atoms with van der Waals surface area (Å²) >= 11 is 0. The molecule has 2 aliphatic rings. The molecule has 3 atom stereocenters. The van der Waals surface area contributed by atoms with Crippen LogP contribution in [0.1, 0.15) is 6.42 Å². The zero-order valence-electron chi connectivity index (χ0n) is 6.61. The highest BCUT2D eigenvalue weighted by Gasteiger charge is 2.44. The fourth-order valence-electron chi connectivity index (χ4n) is 2.00. The number of β-amino-alcohol motifs (C(OH)–C–C–N with tert-alkyl or cyclic N) is 1. The van der Waals surface area contributed by atoms with E-state index in [1.54, 1.807) is 0 Å². The van der Waals surface area contributed by atoms with E-state index in [0.717, 1.165) is 24.9 Å². The van der Waals surface area contributed by atoms with Gasteiger partial charge in [0, 0.05) is 19.6 Å². The van der Waals surface area contributed by atoms with E-state index in [1.807, 2.05) is 0 Å². The second kappa shape index (κ2) is 2.73. The molecule has 1 saturated heterocycles. The Labute approximate surface area is 66.6 Å². The van der Waals surface area contributed by atoms with Crippen molar-refractivity contribution in [2.45, 2.75) is 12.5 Å². The average Bonchev–Trinajstić information content (AvgIpc) is 2.60. The lowest BCUT2D eigenvalue weighted by atomic mass is 10.3. The van der Waals surface area contributed by atoms with Gasteiger partial charge < -0.3 is 15.1 Å². The summed E-state index contributed by atoms with van der Waals surface area (Å²) < 4.78 is 0. The summed E-state index contributed by atoms with van der Waals surface area (Å²) in [6.45, 7) is 2.83. The minimum atomic E-state index is -0.535. The molecule has 0 spiro atoms. The molecule has 0 bridgehead atoms. The third kappa shape index (κ3) is 1.55. The Hall–Kier alpha value is -0.120. The van der Waals surface area contributed by atoms with E-state index >= 15 is 0 Å². The van der Waals surface area contributed by atoms with Crippen molar-refractivity contribution in [3.8, 4) is 0 Å². The summed E-state index contributed by atoms with van der Waals surface area (Å²) in [5, 5.41) is 17.7. The van der Waals surface area contributed by atoms with Crippen molar-refractivity contribution in [1.82, 2.24) is 4.90 Å². The molecule has 1 heterocycles. The van der Waals surface area contributed by atoms with E-state index < -0.39 is 6.10 Å². The van der Waals surface area contributed by atoms with Gasteiger partial charge in [0.05, 0.1) is 12.7 Å². The number of fused-ring (bicyclic) bond motifs is 1. The van der Waals surface area contributed by atoms with E-state index in [-0.39, 0.29) is 6.61 Å². The van der Waals surface area contributed by atoms with Crippen molar-refractivity contribution in [2.24, 2.45) is 11.8 Å². The number of nitrogens with zero attached hydrogens (tertiary/aromatic N) is 1. The third-order valence-corrected chi connectivity index (χ3v) is 2.73. The summed E-state index contributed by atoms with van der Waals surface area (Å²) in [5.74, 6) is 1.83. The summed E-state index contributed by atoms with van der Waals surface area (Å²) in [6.07, 6.45) is 0.860. The smallest absolute Gasteiger partial charge is 0.0897 e. The van der Waals surface area contributed by atoms with Crippen LogP contribution in [-0.2, 0) is 0 Å². The maximum Gasteiger partial charge on any atom is 0.0897 e. The minimum Gasteiger partial charge on any atom is -0.394 e. The summed E-state index contributed by atoms with van der Waals surface area (Å²) in [4.78, 5) is 2.25. The van der Waals surface area contributed by atoms with Crippen molar-refractivity contribution in [3.63, 3.8) is 0 Å². The van der Waals surface area contributed by atoms with Crippen LogP contribution >= 0.6 is 0 Å². The predicted octanol–water partition coefficient (Wildman–Crippen LogP) is -0.709. The van der Waals surface area contributed by atoms with Gasteiger partial charge in [0.1, 0.15) is 0 Å². The van der Waals surface area contributed by atoms with Gasteiger partial charge in [-0.2, -0.15) is 0 Å². The number of rotatable bonds is 3. The molecule has 3 unspecified atom stereocenters. The highest BCUT2D eigenvalue weighted by atomic mass is 16.3. The largest absolute Gasteiger partial charge is 0.394 e. The van der Waals surface area contributed by atoms with Gasteiger partial charge in [-0.3, -0.25) is 0 Å². The SMILES string of the molecule is OCC(O)CN1CC2CC2C1. The molecule has 1 aliphatic carbocycles. The molecular weight excluding hydrogens is 142 g/mol. The number of hydrogen-bond donors (Lipinski definition) is 2. The van der Waals surface area contributed by atoms with Crippen LogP contribution in [-0.4, -0.2) is 47.5 Å². The molecule has 0 aromatic carbocycles. The van der Waals surface area contributed by atoms with E-state index in [2.05, 4.69) is 4.90 Å². The quantitative estimate of drug-likeness (QED) is 0.569. The molecule has 2 N–H and O–H groups in total. The molecule has 0 radical (unpaired) electrons. The van der Waals surface area contributed by atoms with Crippen LogP contribution in [0.25, 0.3) is 0 Å². The molecule has 0 aromatic heterocycles. The van der Waals surface area contributed by atoms with Crippen LogP contribution in [0.15, 0.2) is 0 Å². The topological polar surface area (TPSA) is 43.7 Å². The second-order valence-corrected chi connectivity index (χ2v) is 3.81. The van der Waals surface area contributed by atoms with Crippen LogP contribution in [0.4, 0.5) is 0 Å². The van der Waals surface area contributed by atoms with Gasteiger partial charge in [-0.05, 0) is 18.3 Å². The summed E-state index contributed by atoms with van der Waals surface area (Å²) in [7, 11) is 0. The van der Waals surface area contributed by atoms with Crippen LogP contribution in [0.2, 0.25) is 0 Å². The van der Waals surface area contributed by atoms with Gasteiger partial charge in [0.2, 0.25) is 0 Å². The number of aliphatic hydroxyl groups is 2. The molecule has 0 aromatic rings. The highest BCUT2D eigenvalue weighted by Crippen LogP contribution is 2.44. The van der Waals surface area contributed by atoms with Gasteiger partial charge in [-0.15, -0.1) is 0 Å². The molecular formula is C8H15NO2. The summed E-state index contributed by atoms with van der Waals surface area (Å²) in [6, 6.07) is 0. The fourth-order valence-corrected chi connectivity index (χ4v) is 2.00. The zero-order valence-corrected chi connectivity index (χ0v) is 6.61. The summed E-state index contributed by atoms with van der Waals surface area (Å²) in [5.41, 5.74) is 0. The van der Waals surface area contributed by atoms with Crippen LogP contribution < -0.4 is 0 Å². The van der Waals surface area contributed by atoms with Crippen LogP contribution in [0.5, 0.6) is 0 Å². The lowest BCUT2D eigenvalue weighted by Gasteiger charge is -2.19. The van der Waals surface area contributed by atoms with Crippen LogP contribution in [0.3, 0.4) is 0 Å². The lowest BCUT2D eigenvalue weighted by molar-refractivity contribution is 0.0629. The first-order valence-electron chi connectivity index (χ1n) is 4.31. The lowest BCUT2D eigenvalue weighted by Crippen LogP contribution is -2.33. The van der Waals surface area contributed by atoms with Gasteiger partial charge in [-0.1, -0.05) is 0 Å². The Kier molecular flexibility index (Phi) is 1.87. The molecule has 2 fully saturated rings. The predicted molar refractivity (Wildman–Crippen MR) is 41.1 cm³/mol. The van der Waals surface area contributed by atoms with Gasteiger partial charge in [0.15, 0.2) is 0 Å². The van der Waals surface area contributed by atoms with Gasteiger partial charge in [0.25, 0.3) is 0 Å². The number of hydrogen-bond acceptors (Lipinski definition) is 3. The molecule has 0 amide bonds. The average molecular weight is 157 g/mol. The maximum atomic E-state index is 9.13. The van der Waals surface area contributed by atoms with E-state index in [9.17, 15) is 0 Å². The molecule has 64 valence electrons. The van der Waals surface area contributed by atoms with Crippen molar-refractivity contribution in [2.75, 3.05) is 26.2 Å². The standard InChI is InChI=1S/C8H15NO2/c10-5-8(11)4-9-2-6-1-7(6)3-9/h6-8,10-11H,1-5H2. The van der Waals surface area contributed by atoms with Crippen molar-refractivity contribution in [3.05, 3.63) is 0 Å². The normalized spacial score (nSPS) is 38.7. The van der Waals surface area contributed by atoms with Crippen LogP contribution in [0, 0.1) is 11.8 Å². The number of aliphatic hydroxyl groups excluding tert-OH is 2. The van der Waals surface area contributed by atoms with Crippen molar-refractivity contribution < 1.29 is 10.2 Å². The number of likely N-dealkylation sites (tertiary alicyclic amines) is 1. The Morgan fingerprint density at radius 3 is 2.55 bits per heavy atom. The van der Waals surface area contributed by atoms with Crippen molar-refractivity contribution >= 4 is 0 Å². The molecule has 1 saturated carbocycles. The Bertz CT molecular complexity index is 141. The Morgan fingerprint density at radius 2 is 2.00 bits per heavy atom. The van der Waals surface area contributed by atoms with Gasteiger partial charge >= 0.3 is 0 Å². The Morgan fingerprint density at radius 1 is 1.36 bits per heavy atom. The molecule has 2 rings (SSSR count). The van der Waals surface area contributed by atoms with E-state index in [0.29, 0.717) is 6.54 Å².